The van der Waals surface area contributed by atoms with E-state index in [1.54, 1.807) is 29.2 Å². The second-order valence-corrected chi connectivity index (χ2v) is 8.52. The first kappa shape index (κ1) is 19.8. The molecule has 1 saturated carbocycles. The molecule has 0 saturated heterocycles. The summed E-state index contributed by atoms with van der Waals surface area (Å²) in [5.41, 5.74) is 1.35. The molecule has 0 unspecified atom stereocenters. The second kappa shape index (κ2) is 8.85. The van der Waals surface area contributed by atoms with Gasteiger partial charge in [-0.1, -0.05) is 43.0 Å². The number of halogens is 1. The quantitative estimate of drug-likeness (QED) is 0.775. The summed E-state index contributed by atoms with van der Waals surface area (Å²) in [6.45, 7) is 3.89. The zero-order valence-electron chi connectivity index (χ0n) is 15.6. The number of hydrogen-bond acceptors (Lipinski definition) is 4. The van der Waals surface area contributed by atoms with E-state index in [4.69, 9.17) is 11.6 Å². The van der Waals surface area contributed by atoms with Crippen molar-refractivity contribution in [1.29, 1.82) is 0 Å². The van der Waals surface area contributed by atoms with Crippen LogP contribution < -0.4 is 5.32 Å². The number of benzene rings is 1. The fourth-order valence-corrected chi connectivity index (χ4v) is 4.44. The maximum atomic E-state index is 13.2. The molecule has 1 heterocycles. The van der Waals surface area contributed by atoms with Gasteiger partial charge in [0.05, 0.1) is 16.3 Å². The number of amides is 2. The number of thiazole rings is 1. The van der Waals surface area contributed by atoms with Crippen LogP contribution in [0.3, 0.4) is 0 Å². The van der Waals surface area contributed by atoms with Crippen LogP contribution in [0, 0.1) is 13.8 Å². The van der Waals surface area contributed by atoms with Crippen LogP contribution in [-0.2, 0) is 4.79 Å². The SMILES string of the molecule is Cc1nc(NC(=O)CN(C(=O)c2ccccc2Cl)C2CCCCC2)sc1C. The van der Waals surface area contributed by atoms with Gasteiger partial charge >= 0.3 is 0 Å². The third-order valence-electron chi connectivity index (χ3n) is 4.97. The standard InChI is InChI=1S/C20H24ClN3O2S/c1-13-14(2)27-20(22-13)23-18(25)12-24(15-8-4-3-5-9-15)19(26)16-10-6-7-11-17(16)21/h6-7,10-11,15H,3-5,8-9,12H2,1-2H3,(H,22,23,25). The number of aromatic nitrogens is 1. The number of aryl methyl sites for hydroxylation is 2. The molecule has 0 bridgehead atoms. The summed E-state index contributed by atoms with van der Waals surface area (Å²) >= 11 is 7.68. The van der Waals surface area contributed by atoms with Crippen molar-refractivity contribution < 1.29 is 9.59 Å². The fourth-order valence-electron chi connectivity index (χ4n) is 3.39. The van der Waals surface area contributed by atoms with Gasteiger partial charge in [0.1, 0.15) is 6.54 Å². The number of anilines is 1. The van der Waals surface area contributed by atoms with Gasteiger partial charge in [-0.3, -0.25) is 9.59 Å². The molecule has 3 rings (SSSR count). The fraction of sp³-hybridized carbons (Fsp3) is 0.450. The third kappa shape index (κ3) is 4.87. The van der Waals surface area contributed by atoms with E-state index in [1.807, 2.05) is 13.8 Å². The molecule has 144 valence electrons. The van der Waals surface area contributed by atoms with Crippen LogP contribution in [-0.4, -0.2) is 34.3 Å². The van der Waals surface area contributed by atoms with Gasteiger partial charge in [-0.15, -0.1) is 11.3 Å². The molecule has 5 nitrogen and oxygen atoms in total. The third-order valence-corrected chi connectivity index (χ3v) is 6.29. The smallest absolute Gasteiger partial charge is 0.256 e. The van der Waals surface area contributed by atoms with E-state index in [1.165, 1.54) is 17.8 Å². The lowest BCUT2D eigenvalue weighted by molar-refractivity contribution is -0.117. The lowest BCUT2D eigenvalue weighted by Gasteiger charge is -2.34. The van der Waals surface area contributed by atoms with Crippen LogP contribution >= 0.6 is 22.9 Å². The minimum atomic E-state index is -0.227. The van der Waals surface area contributed by atoms with Crippen molar-refractivity contribution in [1.82, 2.24) is 9.88 Å². The molecular formula is C20H24ClN3O2S. The number of hydrogen-bond donors (Lipinski definition) is 1. The van der Waals surface area contributed by atoms with Crippen molar-refractivity contribution in [2.45, 2.75) is 52.0 Å². The summed E-state index contributed by atoms with van der Waals surface area (Å²) < 4.78 is 0. The molecule has 1 fully saturated rings. The lowest BCUT2D eigenvalue weighted by atomic mass is 9.93. The molecule has 0 aliphatic heterocycles. The van der Waals surface area contributed by atoms with Gasteiger partial charge in [0.2, 0.25) is 5.91 Å². The summed E-state index contributed by atoms with van der Waals surface area (Å²) in [5.74, 6) is -0.413. The van der Waals surface area contributed by atoms with Gasteiger partial charge in [-0.05, 0) is 38.8 Å². The molecule has 2 aromatic rings. The number of nitrogens with zero attached hydrogens (tertiary/aromatic N) is 2. The maximum absolute atomic E-state index is 13.2. The first-order valence-corrected chi connectivity index (χ1v) is 10.4. The van der Waals surface area contributed by atoms with E-state index in [0.29, 0.717) is 15.7 Å². The van der Waals surface area contributed by atoms with Crippen LogP contribution in [0.1, 0.15) is 53.0 Å². The van der Waals surface area contributed by atoms with Crippen LogP contribution in [0.4, 0.5) is 5.13 Å². The van der Waals surface area contributed by atoms with E-state index >= 15 is 0 Å². The molecule has 1 aromatic heterocycles. The Morgan fingerprint density at radius 3 is 2.56 bits per heavy atom. The monoisotopic (exact) mass is 405 g/mol. The zero-order chi connectivity index (χ0) is 19.4. The molecule has 0 spiro atoms. The van der Waals surface area contributed by atoms with Crippen molar-refractivity contribution in [3.8, 4) is 0 Å². The van der Waals surface area contributed by atoms with Gasteiger partial charge in [0.15, 0.2) is 5.13 Å². The Balaban J connectivity index is 1.78. The minimum Gasteiger partial charge on any atom is -0.326 e. The van der Waals surface area contributed by atoms with Crippen LogP contribution in [0.5, 0.6) is 0 Å². The molecule has 1 aliphatic carbocycles. The largest absolute Gasteiger partial charge is 0.326 e. The number of rotatable bonds is 5. The molecule has 2 amide bonds. The summed E-state index contributed by atoms with van der Waals surface area (Å²) in [6, 6.07) is 7.07. The highest BCUT2D eigenvalue weighted by Gasteiger charge is 2.29. The maximum Gasteiger partial charge on any atom is 0.256 e. The van der Waals surface area contributed by atoms with E-state index < -0.39 is 0 Å². The number of nitrogens with one attached hydrogen (secondary N) is 1. The highest BCUT2D eigenvalue weighted by molar-refractivity contribution is 7.15. The lowest BCUT2D eigenvalue weighted by Crippen LogP contribution is -2.45. The van der Waals surface area contributed by atoms with Gasteiger partial charge in [-0.25, -0.2) is 4.98 Å². The second-order valence-electron chi connectivity index (χ2n) is 6.91. The summed E-state index contributed by atoms with van der Waals surface area (Å²) in [7, 11) is 0. The minimum absolute atomic E-state index is 0.00635. The number of carbonyl (C=O) groups is 2. The topological polar surface area (TPSA) is 62.3 Å². The van der Waals surface area contributed by atoms with Crippen LogP contribution in [0.15, 0.2) is 24.3 Å². The molecule has 0 atom stereocenters. The average Bonchev–Trinajstić information content (AvgIpc) is 2.97. The van der Waals surface area contributed by atoms with Crippen LogP contribution in [0.2, 0.25) is 5.02 Å². The van der Waals surface area contributed by atoms with E-state index in [-0.39, 0.29) is 24.4 Å². The Hall–Kier alpha value is -1.92. The Labute approximate surface area is 168 Å². The van der Waals surface area contributed by atoms with E-state index in [2.05, 4.69) is 10.3 Å². The normalized spacial score (nSPS) is 14.8. The van der Waals surface area contributed by atoms with Crippen molar-refractivity contribution in [2.75, 3.05) is 11.9 Å². The molecule has 0 radical (unpaired) electrons. The van der Waals surface area contributed by atoms with Gasteiger partial charge in [0.25, 0.3) is 5.91 Å². The molecule has 1 aliphatic rings. The van der Waals surface area contributed by atoms with Crippen molar-refractivity contribution in [2.24, 2.45) is 0 Å². The van der Waals surface area contributed by atoms with Crippen molar-refractivity contribution in [3.05, 3.63) is 45.4 Å². The molecule has 1 aromatic carbocycles. The molecule has 27 heavy (non-hydrogen) atoms. The first-order valence-electron chi connectivity index (χ1n) is 9.25. The van der Waals surface area contributed by atoms with E-state index in [9.17, 15) is 9.59 Å². The molecule has 7 heteroatoms. The summed E-state index contributed by atoms with van der Waals surface area (Å²) in [4.78, 5) is 32.9. The Morgan fingerprint density at radius 1 is 1.22 bits per heavy atom. The van der Waals surface area contributed by atoms with Crippen molar-refractivity contribution >= 4 is 39.9 Å². The highest BCUT2D eigenvalue weighted by atomic mass is 35.5. The Bertz CT molecular complexity index is 811. The molecule has 1 N–H and O–H groups in total. The van der Waals surface area contributed by atoms with Gasteiger partial charge in [-0.2, -0.15) is 0 Å². The molecular weight excluding hydrogens is 382 g/mol. The summed E-state index contributed by atoms with van der Waals surface area (Å²) in [6.07, 6.45) is 5.15. The highest BCUT2D eigenvalue weighted by Crippen LogP contribution is 2.26. The average molecular weight is 406 g/mol. The van der Waals surface area contributed by atoms with E-state index in [0.717, 1.165) is 36.3 Å². The predicted octanol–water partition coefficient (Wildman–Crippen LogP) is 4.83. The Kier molecular flexibility index (Phi) is 6.50. The van der Waals surface area contributed by atoms with Crippen molar-refractivity contribution in [3.63, 3.8) is 0 Å². The first-order chi connectivity index (χ1) is 13.0. The van der Waals surface area contributed by atoms with Gasteiger partial charge < -0.3 is 10.2 Å². The number of carbonyl (C=O) groups excluding carboxylic acids is 2. The zero-order valence-corrected chi connectivity index (χ0v) is 17.2. The van der Waals surface area contributed by atoms with Crippen LogP contribution in [0.25, 0.3) is 0 Å². The Morgan fingerprint density at radius 2 is 1.93 bits per heavy atom. The summed E-state index contributed by atoms with van der Waals surface area (Å²) in [5, 5.41) is 3.82. The predicted molar refractivity (Wildman–Crippen MR) is 110 cm³/mol. The van der Waals surface area contributed by atoms with Gasteiger partial charge in [0, 0.05) is 10.9 Å².